The zero-order chi connectivity index (χ0) is 16.3. The van der Waals surface area contributed by atoms with Crippen molar-refractivity contribution in [1.82, 2.24) is 9.80 Å². The number of thiophene rings is 1. The molecule has 122 valence electrons. The zero-order valence-electron chi connectivity index (χ0n) is 13.3. The Morgan fingerprint density at radius 1 is 1.13 bits per heavy atom. The van der Waals surface area contributed by atoms with Crippen molar-refractivity contribution in [2.24, 2.45) is 0 Å². The predicted molar refractivity (Wildman–Crippen MR) is 92.8 cm³/mol. The molecule has 1 aromatic heterocycles. The molecule has 1 aliphatic heterocycles. The van der Waals surface area contributed by atoms with Crippen molar-refractivity contribution in [3.63, 3.8) is 0 Å². The molecule has 1 aromatic carbocycles. The van der Waals surface area contributed by atoms with Crippen LogP contribution in [0.4, 0.5) is 0 Å². The zero-order valence-corrected chi connectivity index (χ0v) is 14.1. The summed E-state index contributed by atoms with van der Waals surface area (Å²) >= 11 is 1.54. The van der Waals surface area contributed by atoms with Gasteiger partial charge in [-0.1, -0.05) is 36.4 Å². The minimum atomic E-state index is -0.975. The summed E-state index contributed by atoms with van der Waals surface area (Å²) in [4.78, 5) is 17.8. The highest BCUT2D eigenvalue weighted by molar-refractivity contribution is 7.10. The highest BCUT2D eigenvalue weighted by Crippen LogP contribution is 2.36. The van der Waals surface area contributed by atoms with Crippen molar-refractivity contribution >= 4 is 17.3 Å². The Hall–Kier alpha value is -1.69. The highest BCUT2D eigenvalue weighted by Gasteiger charge is 2.47. The average molecular weight is 330 g/mol. The number of likely N-dealkylation sites (N-methyl/N-ethyl adjacent to an activating group) is 1. The molecule has 1 unspecified atom stereocenters. The van der Waals surface area contributed by atoms with Gasteiger partial charge in [0.2, 0.25) is 0 Å². The lowest BCUT2D eigenvalue weighted by Gasteiger charge is -2.44. The normalized spacial score (nSPS) is 19.3. The van der Waals surface area contributed by atoms with E-state index in [0.717, 1.165) is 36.6 Å². The number of hydrogen-bond acceptors (Lipinski definition) is 4. The Bertz CT molecular complexity index is 636. The van der Waals surface area contributed by atoms with E-state index in [1.165, 1.54) is 11.3 Å². The number of nitrogens with zero attached hydrogens (tertiary/aromatic N) is 2. The quantitative estimate of drug-likeness (QED) is 0.915. The minimum Gasteiger partial charge on any atom is -0.480 e. The van der Waals surface area contributed by atoms with E-state index < -0.39 is 11.5 Å². The standard InChI is InChI=1S/C18H22N2O2S/c1-19-9-11-20(12-10-19)18(17(21)22,16-8-5-13-23-16)14-15-6-3-2-4-7-15/h2-8,13H,9-12,14H2,1H3,(H,21,22). The maximum absolute atomic E-state index is 12.5. The number of rotatable bonds is 5. The lowest BCUT2D eigenvalue weighted by Crippen LogP contribution is -2.59. The molecule has 1 fully saturated rings. The van der Waals surface area contributed by atoms with Gasteiger partial charge in [-0.05, 0) is 24.1 Å². The molecule has 0 bridgehead atoms. The Balaban J connectivity index is 2.02. The van der Waals surface area contributed by atoms with Gasteiger partial charge in [-0.3, -0.25) is 4.90 Å². The van der Waals surface area contributed by atoms with Gasteiger partial charge in [0, 0.05) is 37.5 Å². The van der Waals surface area contributed by atoms with E-state index in [1.54, 1.807) is 0 Å². The van der Waals surface area contributed by atoms with Crippen LogP contribution >= 0.6 is 11.3 Å². The molecular formula is C18H22N2O2S. The largest absolute Gasteiger partial charge is 0.480 e. The molecule has 0 spiro atoms. The number of benzene rings is 1. The predicted octanol–water partition coefficient (Wildman–Crippen LogP) is 2.52. The van der Waals surface area contributed by atoms with Crippen LogP contribution in [0.3, 0.4) is 0 Å². The summed E-state index contributed by atoms with van der Waals surface area (Å²) in [6.45, 7) is 3.34. The molecule has 0 saturated carbocycles. The van der Waals surface area contributed by atoms with E-state index in [2.05, 4.69) is 16.8 Å². The van der Waals surface area contributed by atoms with E-state index >= 15 is 0 Å². The first kappa shape index (κ1) is 16.2. The number of piperazine rings is 1. The minimum absolute atomic E-state index is 0.493. The van der Waals surface area contributed by atoms with Crippen LogP contribution < -0.4 is 0 Å². The third kappa shape index (κ3) is 3.17. The first-order valence-corrected chi connectivity index (χ1v) is 8.76. The van der Waals surface area contributed by atoms with Gasteiger partial charge in [0.05, 0.1) is 0 Å². The Labute approximate surface area is 141 Å². The van der Waals surface area contributed by atoms with Crippen LogP contribution in [0.1, 0.15) is 10.4 Å². The van der Waals surface area contributed by atoms with Crippen molar-refractivity contribution in [2.45, 2.75) is 12.0 Å². The molecule has 1 aliphatic rings. The van der Waals surface area contributed by atoms with Crippen LogP contribution in [0.15, 0.2) is 47.8 Å². The lowest BCUT2D eigenvalue weighted by atomic mass is 9.86. The molecule has 1 atom stereocenters. The van der Waals surface area contributed by atoms with Crippen molar-refractivity contribution in [2.75, 3.05) is 33.2 Å². The lowest BCUT2D eigenvalue weighted by molar-refractivity contribution is -0.154. The fourth-order valence-electron chi connectivity index (χ4n) is 3.26. The van der Waals surface area contributed by atoms with Crippen molar-refractivity contribution < 1.29 is 9.90 Å². The Morgan fingerprint density at radius 2 is 1.83 bits per heavy atom. The van der Waals surface area contributed by atoms with Gasteiger partial charge in [0.1, 0.15) is 0 Å². The SMILES string of the molecule is CN1CCN(C(Cc2ccccc2)(C(=O)O)c2cccs2)CC1. The van der Waals surface area contributed by atoms with E-state index in [9.17, 15) is 9.90 Å². The van der Waals surface area contributed by atoms with Gasteiger partial charge in [-0.25, -0.2) is 4.79 Å². The Morgan fingerprint density at radius 3 is 2.39 bits per heavy atom. The second-order valence-electron chi connectivity index (χ2n) is 6.10. The van der Waals surface area contributed by atoms with E-state index in [0.29, 0.717) is 6.42 Å². The van der Waals surface area contributed by atoms with Gasteiger partial charge in [0.15, 0.2) is 5.54 Å². The first-order chi connectivity index (χ1) is 11.1. The van der Waals surface area contributed by atoms with E-state index in [4.69, 9.17) is 0 Å². The van der Waals surface area contributed by atoms with Crippen LogP contribution in [0.5, 0.6) is 0 Å². The summed E-state index contributed by atoms with van der Waals surface area (Å²) in [6, 6.07) is 13.8. The fourth-order valence-corrected chi connectivity index (χ4v) is 4.21. The number of carboxylic acid groups (broad SMARTS) is 1. The molecule has 23 heavy (non-hydrogen) atoms. The van der Waals surface area contributed by atoms with Gasteiger partial charge < -0.3 is 10.0 Å². The van der Waals surface area contributed by atoms with Crippen molar-refractivity contribution in [3.8, 4) is 0 Å². The van der Waals surface area contributed by atoms with Crippen molar-refractivity contribution in [1.29, 1.82) is 0 Å². The number of aliphatic carboxylic acids is 1. The molecule has 1 saturated heterocycles. The summed E-state index contributed by atoms with van der Waals surface area (Å²) in [5, 5.41) is 12.2. The summed E-state index contributed by atoms with van der Waals surface area (Å²) in [5.41, 5.74) is 0.0822. The molecule has 2 heterocycles. The molecule has 5 heteroatoms. The molecule has 0 amide bonds. The van der Waals surface area contributed by atoms with Crippen LogP contribution in [0, 0.1) is 0 Å². The topological polar surface area (TPSA) is 43.8 Å². The van der Waals surface area contributed by atoms with Gasteiger partial charge in [-0.2, -0.15) is 0 Å². The fraction of sp³-hybridized carbons (Fsp3) is 0.389. The molecule has 1 N–H and O–H groups in total. The monoisotopic (exact) mass is 330 g/mol. The molecule has 4 nitrogen and oxygen atoms in total. The maximum Gasteiger partial charge on any atom is 0.329 e. The van der Waals surface area contributed by atoms with Crippen LogP contribution in [0.25, 0.3) is 0 Å². The summed E-state index contributed by atoms with van der Waals surface area (Å²) in [6.07, 6.45) is 0.493. The Kier molecular flexibility index (Phi) is 4.80. The maximum atomic E-state index is 12.5. The first-order valence-electron chi connectivity index (χ1n) is 7.88. The molecule has 0 aliphatic carbocycles. The summed E-state index contributed by atoms with van der Waals surface area (Å²) in [5.74, 6) is -0.756. The molecule has 3 rings (SSSR count). The van der Waals surface area contributed by atoms with E-state index in [-0.39, 0.29) is 0 Å². The third-order valence-electron chi connectivity index (χ3n) is 4.63. The molecule has 2 aromatic rings. The number of carbonyl (C=O) groups is 1. The molecular weight excluding hydrogens is 308 g/mol. The second kappa shape index (κ2) is 6.83. The van der Waals surface area contributed by atoms with Crippen LogP contribution in [-0.2, 0) is 16.8 Å². The summed E-state index contributed by atoms with van der Waals surface area (Å²) in [7, 11) is 2.09. The number of carboxylic acids is 1. The smallest absolute Gasteiger partial charge is 0.329 e. The van der Waals surface area contributed by atoms with Gasteiger partial charge in [0.25, 0.3) is 0 Å². The van der Waals surface area contributed by atoms with Crippen LogP contribution in [0.2, 0.25) is 0 Å². The second-order valence-corrected chi connectivity index (χ2v) is 7.04. The van der Waals surface area contributed by atoms with Crippen molar-refractivity contribution in [3.05, 3.63) is 58.3 Å². The van der Waals surface area contributed by atoms with Gasteiger partial charge in [-0.15, -0.1) is 11.3 Å². The van der Waals surface area contributed by atoms with E-state index in [1.807, 2.05) is 47.8 Å². The van der Waals surface area contributed by atoms with Gasteiger partial charge >= 0.3 is 5.97 Å². The summed E-state index contributed by atoms with van der Waals surface area (Å²) < 4.78 is 0. The van der Waals surface area contributed by atoms with Crippen LogP contribution in [-0.4, -0.2) is 54.1 Å². The third-order valence-corrected chi connectivity index (χ3v) is 5.65. The average Bonchev–Trinajstić information content (AvgIpc) is 3.09. The number of hydrogen-bond donors (Lipinski definition) is 1. The highest BCUT2D eigenvalue weighted by atomic mass is 32.1. The molecule has 0 radical (unpaired) electrons.